The molecule has 158 valence electrons. The van der Waals surface area contributed by atoms with Gasteiger partial charge in [-0.3, -0.25) is 14.4 Å². The van der Waals surface area contributed by atoms with E-state index in [1.807, 2.05) is 13.8 Å². The van der Waals surface area contributed by atoms with Crippen LogP contribution in [-0.4, -0.2) is 66.4 Å². The van der Waals surface area contributed by atoms with Crippen molar-refractivity contribution in [3.63, 3.8) is 0 Å². The summed E-state index contributed by atoms with van der Waals surface area (Å²) in [4.78, 5) is 41.3. The van der Waals surface area contributed by atoms with E-state index in [1.54, 1.807) is 41.1 Å². The van der Waals surface area contributed by atoms with E-state index in [-0.39, 0.29) is 36.3 Å². The summed E-state index contributed by atoms with van der Waals surface area (Å²) in [6, 6.07) is 6.61. The number of morpholine rings is 1. The van der Waals surface area contributed by atoms with Crippen LogP contribution in [-0.2, 0) is 19.1 Å². The van der Waals surface area contributed by atoms with Crippen molar-refractivity contribution in [2.45, 2.75) is 44.9 Å². The molecule has 0 aromatic heterocycles. The Labute approximate surface area is 176 Å². The maximum Gasteiger partial charge on any atom is 0.254 e. The highest BCUT2D eigenvalue weighted by molar-refractivity contribution is 6.30. The number of rotatable bonds is 4. The highest BCUT2D eigenvalue weighted by Crippen LogP contribution is 2.32. The maximum absolute atomic E-state index is 13.4. The summed E-state index contributed by atoms with van der Waals surface area (Å²) in [5, 5.41) is 3.51. The molecule has 1 aromatic carbocycles. The average Bonchev–Trinajstić information content (AvgIpc) is 2.70. The topological polar surface area (TPSA) is 79.0 Å². The zero-order valence-electron chi connectivity index (χ0n) is 17.1. The molecule has 3 rings (SSSR count). The molecule has 0 spiro atoms. The zero-order chi connectivity index (χ0) is 21.1. The molecule has 2 aliphatic heterocycles. The van der Waals surface area contributed by atoms with Crippen LogP contribution in [0.3, 0.4) is 0 Å². The summed E-state index contributed by atoms with van der Waals surface area (Å²) in [5.41, 5.74) is 0.786. The molecular formula is C21H28ClN3O4. The number of hydrogen-bond acceptors (Lipinski definition) is 4. The fourth-order valence-corrected chi connectivity index (χ4v) is 4.08. The van der Waals surface area contributed by atoms with Crippen LogP contribution in [0, 0.1) is 5.92 Å². The van der Waals surface area contributed by atoms with E-state index >= 15 is 0 Å². The number of carbonyl (C=O) groups is 3. The number of likely N-dealkylation sites (tertiary alicyclic amines) is 1. The SMILES string of the molecule is CC(C)NC(=O)C1CCCN(C(=O)C2OCC(=O)N(C)C2c2ccc(Cl)cc2)C1. The minimum Gasteiger partial charge on any atom is -0.356 e. The molecule has 7 nitrogen and oxygen atoms in total. The Hall–Kier alpha value is -2.12. The lowest BCUT2D eigenvalue weighted by atomic mass is 9.93. The minimum atomic E-state index is -0.814. The maximum atomic E-state index is 13.4. The van der Waals surface area contributed by atoms with Crippen LogP contribution in [0.4, 0.5) is 0 Å². The van der Waals surface area contributed by atoms with Crippen molar-refractivity contribution in [2.24, 2.45) is 5.92 Å². The molecular weight excluding hydrogens is 394 g/mol. The number of ether oxygens (including phenoxy) is 1. The first-order chi connectivity index (χ1) is 13.8. The number of halogens is 1. The van der Waals surface area contributed by atoms with Gasteiger partial charge in [-0.15, -0.1) is 0 Å². The zero-order valence-corrected chi connectivity index (χ0v) is 17.8. The first-order valence-electron chi connectivity index (χ1n) is 9.99. The molecule has 0 aliphatic carbocycles. The lowest BCUT2D eigenvalue weighted by Gasteiger charge is -2.41. The quantitative estimate of drug-likeness (QED) is 0.806. The lowest BCUT2D eigenvalue weighted by molar-refractivity contribution is -0.168. The number of nitrogens with zero attached hydrogens (tertiary/aromatic N) is 2. The summed E-state index contributed by atoms with van der Waals surface area (Å²) >= 11 is 5.99. The van der Waals surface area contributed by atoms with Crippen LogP contribution < -0.4 is 5.32 Å². The van der Waals surface area contributed by atoms with Crippen LogP contribution in [0.5, 0.6) is 0 Å². The molecule has 2 heterocycles. The number of nitrogens with one attached hydrogen (secondary N) is 1. The van der Waals surface area contributed by atoms with Gasteiger partial charge in [-0.2, -0.15) is 0 Å². The van der Waals surface area contributed by atoms with Crippen molar-refractivity contribution in [3.8, 4) is 0 Å². The second-order valence-corrected chi connectivity index (χ2v) is 8.46. The number of piperidine rings is 1. The Morgan fingerprint density at radius 3 is 2.59 bits per heavy atom. The summed E-state index contributed by atoms with van der Waals surface area (Å²) in [5.74, 6) is -0.621. The Morgan fingerprint density at radius 2 is 1.93 bits per heavy atom. The predicted molar refractivity (Wildman–Crippen MR) is 109 cm³/mol. The monoisotopic (exact) mass is 421 g/mol. The molecule has 1 N–H and O–H groups in total. The second kappa shape index (κ2) is 9.13. The molecule has 8 heteroatoms. The molecule has 3 unspecified atom stereocenters. The lowest BCUT2D eigenvalue weighted by Crippen LogP contribution is -2.56. The van der Waals surface area contributed by atoms with Crippen LogP contribution >= 0.6 is 11.6 Å². The molecule has 2 saturated heterocycles. The molecule has 1 aromatic rings. The van der Waals surface area contributed by atoms with Gasteiger partial charge in [0.15, 0.2) is 6.10 Å². The molecule has 0 radical (unpaired) electrons. The van der Waals surface area contributed by atoms with E-state index in [2.05, 4.69) is 5.32 Å². The van der Waals surface area contributed by atoms with Crippen LogP contribution in [0.25, 0.3) is 0 Å². The van der Waals surface area contributed by atoms with E-state index in [9.17, 15) is 14.4 Å². The van der Waals surface area contributed by atoms with Gasteiger partial charge in [-0.1, -0.05) is 23.7 Å². The van der Waals surface area contributed by atoms with Gasteiger partial charge in [0, 0.05) is 31.2 Å². The molecule has 2 aliphatic rings. The van der Waals surface area contributed by atoms with Crippen LogP contribution in [0.15, 0.2) is 24.3 Å². The standard InChI is InChI=1S/C21H28ClN3O4/c1-13(2)23-20(27)15-5-4-10-25(11-15)21(28)19-18(24(3)17(26)12-29-19)14-6-8-16(22)9-7-14/h6-9,13,15,18-19H,4-5,10-12H2,1-3H3,(H,23,27). The van der Waals surface area contributed by atoms with Gasteiger partial charge in [-0.05, 0) is 44.4 Å². The van der Waals surface area contributed by atoms with Gasteiger partial charge in [0.1, 0.15) is 6.61 Å². The van der Waals surface area contributed by atoms with E-state index in [4.69, 9.17) is 16.3 Å². The second-order valence-electron chi connectivity index (χ2n) is 8.02. The van der Waals surface area contributed by atoms with Crippen molar-refractivity contribution in [2.75, 3.05) is 26.7 Å². The highest BCUT2D eigenvalue weighted by atomic mass is 35.5. The minimum absolute atomic E-state index is 0.0244. The van der Waals surface area contributed by atoms with Crippen LogP contribution in [0.2, 0.25) is 5.02 Å². The predicted octanol–water partition coefficient (Wildman–Crippen LogP) is 2.00. The van der Waals surface area contributed by atoms with Gasteiger partial charge in [-0.25, -0.2) is 0 Å². The van der Waals surface area contributed by atoms with Gasteiger partial charge in [0.05, 0.1) is 12.0 Å². The first-order valence-corrected chi connectivity index (χ1v) is 10.4. The smallest absolute Gasteiger partial charge is 0.254 e. The number of hydrogen-bond donors (Lipinski definition) is 1. The van der Waals surface area contributed by atoms with Crippen LogP contribution in [0.1, 0.15) is 38.3 Å². The Kier molecular flexibility index (Phi) is 6.80. The van der Waals surface area contributed by atoms with E-state index in [0.717, 1.165) is 18.4 Å². The molecule has 0 saturated carbocycles. The molecule has 2 fully saturated rings. The van der Waals surface area contributed by atoms with Crippen molar-refractivity contribution >= 4 is 29.3 Å². The summed E-state index contributed by atoms with van der Waals surface area (Å²) in [6.07, 6.45) is 0.702. The van der Waals surface area contributed by atoms with Crippen molar-refractivity contribution < 1.29 is 19.1 Å². The van der Waals surface area contributed by atoms with Crippen molar-refractivity contribution in [3.05, 3.63) is 34.9 Å². The molecule has 3 atom stereocenters. The normalized spacial score (nSPS) is 25.3. The van der Waals surface area contributed by atoms with Gasteiger partial charge < -0.3 is 19.9 Å². The summed E-state index contributed by atoms with van der Waals surface area (Å²) in [6.45, 7) is 4.64. The van der Waals surface area contributed by atoms with E-state index < -0.39 is 12.1 Å². The average molecular weight is 422 g/mol. The number of benzene rings is 1. The Bertz CT molecular complexity index is 768. The molecule has 3 amide bonds. The Balaban J connectivity index is 1.79. The van der Waals surface area contributed by atoms with E-state index in [0.29, 0.717) is 18.1 Å². The Morgan fingerprint density at radius 1 is 1.24 bits per heavy atom. The number of likely N-dealkylation sites (N-methyl/N-ethyl adjacent to an activating group) is 1. The van der Waals surface area contributed by atoms with E-state index in [1.165, 1.54) is 0 Å². The highest BCUT2D eigenvalue weighted by Gasteiger charge is 2.43. The first kappa shape index (κ1) is 21.6. The largest absolute Gasteiger partial charge is 0.356 e. The third-order valence-corrected chi connectivity index (χ3v) is 5.73. The fraction of sp³-hybridized carbons (Fsp3) is 0.571. The summed E-state index contributed by atoms with van der Waals surface area (Å²) < 4.78 is 5.72. The van der Waals surface area contributed by atoms with Gasteiger partial charge >= 0.3 is 0 Å². The molecule has 0 bridgehead atoms. The fourth-order valence-electron chi connectivity index (χ4n) is 3.95. The van der Waals surface area contributed by atoms with Crippen molar-refractivity contribution in [1.29, 1.82) is 0 Å². The third-order valence-electron chi connectivity index (χ3n) is 5.47. The number of amides is 3. The third kappa shape index (κ3) is 4.90. The summed E-state index contributed by atoms with van der Waals surface area (Å²) in [7, 11) is 1.68. The van der Waals surface area contributed by atoms with Gasteiger partial charge in [0.25, 0.3) is 5.91 Å². The number of carbonyl (C=O) groups excluding carboxylic acids is 3. The molecule has 29 heavy (non-hydrogen) atoms. The van der Waals surface area contributed by atoms with Gasteiger partial charge in [0.2, 0.25) is 11.8 Å². The van der Waals surface area contributed by atoms with Crippen molar-refractivity contribution in [1.82, 2.24) is 15.1 Å².